The van der Waals surface area contributed by atoms with Crippen LogP contribution in [0.5, 0.6) is 0 Å². The molecule has 5 nitrogen and oxygen atoms in total. The molecule has 1 aliphatic carbocycles. The summed E-state index contributed by atoms with van der Waals surface area (Å²) < 4.78 is 7.74. The highest BCUT2D eigenvalue weighted by Crippen LogP contribution is 2.37. The van der Waals surface area contributed by atoms with E-state index in [9.17, 15) is 5.11 Å². The average Bonchev–Trinajstić information content (AvgIpc) is 3.00. The Morgan fingerprint density at radius 1 is 1.45 bits per heavy atom. The van der Waals surface area contributed by atoms with Gasteiger partial charge in [0.05, 0.1) is 23.2 Å². The van der Waals surface area contributed by atoms with Crippen LogP contribution in [0.1, 0.15) is 44.2 Å². The van der Waals surface area contributed by atoms with Crippen molar-refractivity contribution < 1.29 is 9.84 Å². The Morgan fingerprint density at radius 3 is 2.95 bits per heavy atom. The van der Waals surface area contributed by atoms with Gasteiger partial charge in [0.25, 0.3) is 0 Å². The van der Waals surface area contributed by atoms with Crippen molar-refractivity contribution in [3.05, 3.63) is 24.0 Å². The first kappa shape index (κ1) is 13.4. The minimum absolute atomic E-state index is 0.183. The molecule has 2 aromatic rings. The number of aromatic nitrogens is 2. The Bertz CT molecular complexity index is 621. The van der Waals surface area contributed by atoms with Crippen molar-refractivity contribution in [2.24, 2.45) is 0 Å². The molecule has 1 aromatic heterocycles. The van der Waals surface area contributed by atoms with Crippen LogP contribution in [0.2, 0.25) is 0 Å². The number of hydrogen-bond donors (Lipinski definition) is 2. The van der Waals surface area contributed by atoms with Gasteiger partial charge in [0.1, 0.15) is 11.9 Å². The van der Waals surface area contributed by atoms with Crippen LogP contribution in [-0.2, 0) is 4.74 Å². The van der Waals surface area contributed by atoms with Crippen LogP contribution in [0.15, 0.2) is 18.2 Å². The van der Waals surface area contributed by atoms with Crippen LogP contribution in [0.4, 0.5) is 5.69 Å². The van der Waals surface area contributed by atoms with E-state index in [1.807, 2.05) is 18.2 Å². The summed E-state index contributed by atoms with van der Waals surface area (Å²) in [6.07, 6.45) is 2.81. The summed E-state index contributed by atoms with van der Waals surface area (Å²) in [7, 11) is 1.75. The summed E-state index contributed by atoms with van der Waals surface area (Å²) in [5, 5.41) is 10.0. The number of methoxy groups -OCH3 is 1. The highest BCUT2D eigenvalue weighted by atomic mass is 16.5. The number of fused-ring (bicyclic) bond motifs is 1. The summed E-state index contributed by atoms with van der Waals surface area (Å²) in [5.41, 5.74) is 8.37. The molecule has 1 aromatic carbocycles. The minimum Gasteiger partial charge on any atom is -0.399 e. The summed E-state index contributed by atoms with van der Waals surface area (Å²) in [6.45, 7) is 1.75. The van der Waals surface area contributed by atoms with E-state index in [4.69, 9.17) is 10.5 Å². The van der Waals surface area contributed by atoms with E-state index in [0.29, 0.717) is 11.5 Å². The maximum Gasteiger partial charge on any atom is 0.138 e. The lowest BCUT2D eigenvalue weighted by Gasteiger charge is -2.23. The van der Waals surface area contributed by atoms with E-state index >= 15 is 0 Å². The molecule has 1 aliphatic rings. The van der Waals surface area contributed by atoms with Gasteiger partial charge in [-0.2, -0.15) is 0 Å². The Hall–Kier alpha value is -1.59. The number of rotatable bonds is 3. The molecule has 0 radical (unpaired) electrons. The first-order chi connectivity index (χ1) is 9.61. The third kappa shape index (κ3) is 2.07. The van der Waals surface area contributed by atoms with Gasteiger partial charge in [0, 0.05) is 12.8 Å². The molecule has 20 heavy (non-hydrogen) atoms. The van der Waals surface area contributed by atoms with Crippen molar-refractivity contribution in [1.29, 1.82) is 0 Å². The number of nitrogens with zero attached hydrogens (tertiary/aromatic N) is 2. The highest BCUT2D eigenvalue weighted by Gasteiger charge is 2.32. The molecular formula is C15H21N3O2. The molecule has 0 bridgehead atoms. The van der Waals surface area contributed by atoms with E-state index < -0.39 is 6.10 Å². The molecule has 3 unspecified atom stereocenters. The highest BCUT2D eigenvalue weighted by molar-refractivity contribution is 5.80. The second-order valence-corrected chi connectivity index (χ2v) is 5.54. The number of hydrogen-bond acceptors (Lipinski definition) is 4. The largest absolute Gasteiger partial charge is 0.399 e. The van der Waals surface area contributed by atoms with Crippen molar-refractivity contribution in [3.8, 4) is 0 Å². The van der Waals surface area contributed by atoms with E-state index in [1.165, 1.54) is 0 Å². The van der Waals surface area contributed by atoms with Crippen molar-refractivity contribution in [2.75, 3.05) is 12.8 Å². The third-order valence-corrected chi connectivity index (χ3v) is 4.17. The summed E-state index contributed by atoms with van der Waals surface area (Å²) in [6, 6.07) is 5.95. The lowest BCUT2D eigenvalue weighted by atomic mass is 10.2. The van der Waals surface area contributed by atoms with Gasteiger partial charge >= 0.3 is 0 Å². The maximum absolute atomic E-state index is 10.0. The predicted molar refractivity (Wildman–Crippen MR) is 78.5 cm³/mol. The molecule has 3 N–H and O–H groups in total. The van der Waals surface area contributed by atoms with Crippen molar-refractivity contribution >= 4 is 16.7 Å². The maximum atomic E-state index is 10.0. The second-order valence-electron chi connectivity index (χ2n) is 5.54. The summed E-state index contributed by atoms with van der Waals surface area (Å²) in [5.74, 6) is 0.694. The van der Waals surface area contributed by atoms with Gasteiger partial charge in [0.15, 0.2) is 0 Å². The fourth-order valence-corrected chi connectivity index (χ4v) is 3.25. The van der Waals surface area contributed by atoms with E-state index in [1.54, 1.807) is 14.0 Å². The molecule has 1 saturated carbocycles. The lowest BCUT2D eigenvalue weighted by Crippen LogP contribution is -2.23. The molecule has 1 heterocycles. The molecule has 0 saturated heterocycles. The molecule has 3 rings (SSSR count). The van der Waals surface area contributed by atoms with Crippen LogP contribution >= 0.6 is 0 Å². The second kappa shape index (κ2) is 5.07. The quantitative estimate of drug-likeness (QED) is 0.844. The normalized spacial score (nSPS) is 24.4. The van der Waals surface area contributed by atoms with Crippen LogP contribution in [0.3, 0.4) is 0 Å². The van der Waals surface area contributed by atoms with Gasteiger partial charge in [-0.05, 0) is 44.4 Å². The number of ether oxygens (including phenoxy) is 1. The first-order valence-corrected chi connectivity index (χ1v) is 7.10. The summed E-state index contributed by atoms with van der Waals surface area (Å²) in [4.78, 5) is 4.56. The van der Waals surface area contributed by atoms with Crippen molar-refractivity contribution in [1.82, 2.24) is 9.55 Å². The van der Waals surface area contributed by atoms with Crippen LogP contribution < -0.4 is 5.73 Å². The fraction of sp³-hybridized carbons (Fsp3) is 0.533. The molecule has 108 valence electrons. The Balaban J connectivity index is 2.18. The molecule has 1 fully saturated rings. The first-order valence-electron chi connectivity index (χ1n) is 7.10. The molecule has 0 spiro atoms. The molecular weight excluding hydrogens is 254 g/mol. The van der Waals surface area contributed by atoms with Crippen LogP contribution in [0, 0.1) is 0 Å². The number of aliphatic hydroxyl groups excluding tert-OH is 1. The number of anilines is 1. The monoisotopic (exact) mass is 275 g/mol. The average molecular weight is 275 g/mol. The number of nitrogen functional groups attached to an aromatic ring is 1. The van der Waals surface area contributed by atoms with Gasteiger partial charge in [-0.25, -0.2) is 4.98 Å². The van der Waals surface area contributed by atoms with Crippen LogP contribution in [-0.4, -0.2) is 27.9 Å². The number of benzene rings is 1. The smallest absolute Gasteiger partial charge is 0.138 e. The van der Waals surface area contributed by atoms with E-state index in [0.717, 1.165) is 30.3 Å². The van der Waals surface area contributed by atoms with Gasteiger partial charge in [0.2, 0.25) is 0 Å². The zero-order chi connectivity index (χ0) is 14.3. The SMILES string of the molecule is COC1CCCC1n1c(C(C)O)nc2cc(N)ccc21. The fourth-order valence-electron chi connectivity index (χ4n) is 3.25. The van der Waals surface area contributed by atoms with Gasteiger partial charge in [-0.3, -0.25) is 0 Å². The van der Waals surface area contributed by atoms with Crippen LogP contribution in [0.25, 0.3) is 11.0 Å². The zero-order valence-electron chi connectivity index (χ0n) is 11.9. The van der Waals surface area contributed by atoms with Gasteiger partial charge in [-0.1, -0.05) is 0 Å². The standard InChI is InChI=1S/C15H21N3O2/c1-9(19)15-17-11-8-10(16)6-7-12(11)18(15)13-4-3-5-14(13)20-2/h6-9,13-14,19H,3-5,16H2,1-2H3. The van der Waals surface area contributed by atoms with E-state index in [2.05, 4.69) is 9.55 Å². The Kier molecular flexibility index (Phi) is 3.40. The zero-order valence-corrected chi connectivity index (χ0v) is 11.9. The van der Waals surface area contributed by atoms with Gasteiger partial charge < -0.3 is 20.1 Å². The number of aliphatic hydroxyl groups is 1. The summed E-state index contributed by atoms with van der Waals surface area (Å²) >= 11 is 0. The third-order valence-electron chi connectivity index (χ3n) is 4.17. The minimum atomic E-state index is -0.610. The number of nitrogens with two attached hydrogens (primary N) is 1. The van der Waals surface area contributed by atoms with Crippen molar-refractivity contribution in [2.45, 2.75) is 44.4 Å². The molecule has 5 heteroatoms. The molecule has 3 atom stereocenters. The predicted octanol–water partition coefficient (Wildman–Crippen LogP) is 2.41. The van der Waals surface area contributed by atoms with Gasteiger partial charge in [-0.15, -0.1) is 0 Å². The lowest BCUT2D eigenvalue weighted by molar-refractivity contribution is 0.0718. The topological polar surface area (TPSA) is 73.3 Å². The van der Waals surface area contributed by atoms with Crippen molar-refractivity contribution in [3.63, 3.8) is 0 Å². The Labute approximate surface area is 118 Å². The molecule has 0 aliphatic heterocycles. The Morgan fingerprint density at radius 2 is 2.25 bits per heavy atom. The van der Waals surface area contributed by atoms with E-state index in [-0.39, 0.29) is 12.1 Å². The molecule has 0 amide bonds. The number of imidazole rings is 1.